The molecule has 1 amide bonds. The third-order valence-electron chi connectivity index (χ3n) is 2.52. The number of benzene rings is 1. The summed E-state index contributed by atoms with van der Waals surface area (Å²) in [4.78, 5) is 20.1. The number of nitrogens with zero attached hydrogens (tertiary/aromatic N) is 2. The average molecular weight is 274 g/mol. The molecule has 5 nitrogen and oxygen atoms in total. The molecule has 6 heteroatoms. The summed E-state index contributed by atoms with van der Waals surface area (Å²) < 4.78 is 0. The quantitative estimate of drug-likeness (QED) is 0.291. The van der Waals surface area contributed by atoms with Crippen LogP contribution in [0.15, 0.2) is 41.7 Å². The monoisotopic (exact) mass is 274 g/mol. The fourth-order valence-electron chi connectivity index (χ4n) is 1.58. The number of hydrogen-bond acceptors (Lipinski definition) is 5. The highest BCUT2D eigenvalue weighted by molar-refractivity contribution is 7.98. The molecule has 1 aromatic carbocycles. The molecule has 0 bridgehead atoms. The molecule has 2 rings (SSSR count). The number of rotatable bonds is 4. The lowest BCUT2D eigenvalue weighted by molar-refractivity contribution is 0.0953. The predicted octanol–water partition coefficient (Wildman–Crippen LogP) is 1.68. The van der Waals surface area contributed by atoms with E-state index in [2.05, 4.69) is 15.4 Å². The van der Waals surface area contributed by atoms with Crippen molar-refractivity contribution in [1.29, 1.82) is 0 Å². The number of aryl methyl sites for hydroxylation is 1. The Balaban J connectivity index is 2.13. The third kappa shape index (κ3) is 3.52. The van der Waals surface area contributed by atoms with Crippen molar-refractivity contribution < 1.29 is 4.79 Å². The smallest absolute Gasteiger partial charge is 0.265 e. The van der Waals surface area contributed by atoms with E-state index in [0.29, 0.717) is 16.5 Å². The molecule has 98 valence electrons. The summed E-state index contributed by atoms with van der Waals surface area (Å²) in [5.74, 6) is 5.50. The van der Waals surface area contributed by atoms with Crippen molar-refractivity contribution in [2.24, 2.45) is 5.84 Å². The molecular weight excluding hydrogens is 260 g/mol. The van der Waals surface area contributed by atoms with Crippen LogP contribution in [0.3, 0.4) is 0 Å². The van der Waals surface area contributed by atoms with E-state index in [4.69, 9.17) is 5.84 Å². The number of nitrogens with one attached hydrogen (secondary N) is 1. The van der Waals surface area contributed by atoms with Gasteiger partial charge in [0.15, 0.2) is 5.16 Å². The molecule has 0 aliphatic carbocycles. The van der Waals surface area contributed by atoms with Crippen LogP contribution in [-0.2, 0) is 5.75 Å². The minimum absolute atomic E-state index is 0.290. The maximum Gasteiger partial charge on any atom is 0.265 e. The van der Waals surface area contributed by atoms with E-state index >= 15 is 0 Å². The Hall–Kier alpha value is -1.92. The number of amides is 1. The van der Waals surface area contributed by atoms with Crippen LogP contribution in [0.25, 0.3) is 0 Å². The molecule has 1 heterocycles. The molecule has 0 fully saturated rings. The van der Waals surface area contributed by atoms with E-state index in [-0.39, 0.29) is 5.91 Å². The Morgan fingerprint density at radius 2 is 2.16 bits per heavy atom. The van der Waals surface area contributed by atoms with Gasteiger partial charge in [0.1, 0.15) is 0 Å². The van der Waals surface area contributed by atoms with Gasteiger partial charge in [0, 0.05) is 23.2 Å². The fourth-order valence-corrected chi connectivity index (χ4v) is 2.46. The van der Waals surface area contributed by atoms with Crippen molar-refractivity contribution in [3.63, 3.8) is 0 Å². The summed E-state index contributed by atoms with van der Waals surface area (Å²) in [6, 6.07) is 9.19. The predicted molar refractivity (Wildman–Crippen MR) is 74.4 cm³/mol. The number of carbonyl (C=O) groups excluding carboxylic acids is 1. The fraction of sp³-hybridized carbons (Fsp3) is 0.154. The molecule has 0 spiro atoms. The maximum absolute atomic E-state index is 11.6. The number of hydrazine groups is 1. The maximum atomic E-state index is 11.6. The van der Waals surface area contributed by atoms with E-state index in [1.54, 1.807) is 12.3 Å². The Morgan fingerprint density at radius 3 is 2.89 bits per heavy atom. The number of hydrogen-bond donors (Lipinski definition) is 2. The molecule has 0 aliphatic heterocycles. The summed E-state index contributed by atoms with van der Waals surface area (Å²) in [6.07, 6.45) is 1.73. The van der Waals surface area contributed by atoms with Gasteiger partial charge < -0.3 is 0 Å². The van der Waals surface area contributed by atoms with Gasteiger partial charge in [-0.2, -0.15) is 0 Å². The molecule has 1 aromatic heterocycles. The van der Waals surface area contributed by atoms with Crippen LogP contribution in [0, 0.1) is 6.92 Å². The van der Waals surface area contributed by atoms with Gasteiger partial charge in [-0.15, -0.1) is 0 Å². The lowest BCUT2D eigenvalue weighted by Crippen LogP contribution is -2.30. The average Bonchev–Trinajstić information content (AvgIpc) is 2.45. The topological polar surface area (TPSA) is 80.9 Å². The van der Waals surface area contributed by atoms with Crippen molar-refractivity contribution in [2.75, 3.05) is 0 Å². The van der Waals surface area contributed by atoms with Crippen molar-refractivity contribution >= 4 is 17.7 Å². The molecule has 0 atom stereocenters. The van der Waals surface area contributed by atoms with Crippen LogP contribution in [0.4, 0.5) is 0 Å². The van der Waals surface area contributed by atoms with Gasteiger partial charge in [0.2, 0.25) is 0 Å². The number of carbonyl (C=O) groups is 1. The molecule has 0 radical (unpaired) electrons. The van der Waals surface area contributed by atoms with E-state index in [1.165, 1.54) is 11.8 Å². The van der Waals surface area contributed by atoms with Gasteiger partial charge in [-0.3, -0.25) is 10.2 Å². The third-order valence-corrected chi connectivity index (χ3v) is 3.43. The molecule has 3 N–H and O–H groups in total. The van der Waals surface area contributed by atoms with E-state index in [1.807, 2.05) is 31.2 Å². The highest BCUT2D eigenvalue weighted by Gasteiger charge is 2.10. The molecule has 0 unspecified atom stereocenters. The summed E-state index contributed by atoms with van der Waals surface area (Å²) >= 11 is 1.49. The lowest BCUT2D eigenvalue weighted by atomic mass is 10.1. The molecule has 0 saturated carbocycles. The van der Waals surface area contributed by atoms with Crippen molar-refractivity contribution in [2.45, 2.75) is 17.8 Å². The Kier molecular flexibility index (Phi) is 4.48. The summed E-state index contributed by atoms with van der Waals surface area (Å²) in [6.45, 7) is 1.92. The number of thioether (sulfide) groups is 1. The highest BCUT2D eigenvalue weighted by Crippen LogP contribution is 2.21. The second kappa shape index (κ2) is 6.31. The van der Waals surface area contributed by atoms with Crippen LogP contribution in [0.2, 0.25) is 0 Å². The zero-order chi connectivity index (χ0) is 13.7. The van der Waals surface area contributed by atoms with Gasteiger partial charge in [-0.05, 0) is 24.6 Å². The molecular formula is C13H14N4OS. The highest BCUT2D eigenvalue weighted by atomic mass is 32.2. The van der Waals surface area contributed by atoms with Crippen molar-refractivity contribution in [3.05, 3.63) is 53.3 Å². The summed E-state index contributed by atoms with van der Waals surface area (Å²) in [5.41, 5.74) is 4.55. The van der Waals surface area contributed by atoms with Crippen LogP contribution in [-0.4, -0.2) is 15.9 Å². The van der Waals surface area contributed by atoms with Crippen LogP contribution < -0.4 is 11.3 Å². The van der Waals surface area contributed by atoms with Gasteiger partial charge in [-0.25, -0.2) is 15.8 Å². The largest absolute Gasteiger partial charge is 0.290 e. The zero-order valence-electron chi connectivity index (χ0n) is 10.5. The first kappa shape index (κ1) is 13.5. The van der Waals surface area contributed by atoms with Gasteiger partial charge >= 0.3 is 0 Å². The van der Waals surface area contributed by atoms with Crippen molar-refractivity contribution in [3.8, 4) is 0 Å². The lowest BCUT2D eigenvalue weighted by Gasteiger charge is -2.07. The minimum Gasteiger partial charge on any atom is -0.290 e. The van der Waals surface area contributed by atoms with Crippen molar-refractivity contribution in [1.82, 2.24) is 15.4 Å². The SMILES string of the molecule is Cc1ccnc(SCc2ccccc2C(=O)NN)n1. The Bertz CT molecular complexity index is 588. The Labute approximate surface area is 115 Å². The second-order valence-corrected chi connectivity index (χ2v) is 4.84. The number of nitrogens with two attached hydrogens (primary N) is 1. The first-order valence-electron chi connectivity index (χ1n) is 5.72. The van der Waals surface area contributed by atoms with Crippen LogP contribution in [0.5, 0.6) is 0 Å². The molecule has 19 heavy (non-hydrogen) atoms. The van der Waals surface area contributed by atoms with E-state index < -0.39 is 0 Å². The number of aromatic nitrogens is 2. The van der Waals surface area contributed by atoms with Gasteiger partial charge in [0.25, 0.3) is 5.91 Å². The minimum atomic E-state index is -0.290. The van der Waals surface area contributed by atoms with Crippen LogP contribution in [0.1, 0.15) is 21.6 Å². The number of nitrogen functional groups attached to an aromatic ring is 1. The first-order chi connectivity index (χ1) is 9.20. The van der Waals surface area contributed by atoms with E-state index in [9.17, 15) is 4.79 Å². The molecule has 0 saturated heterocycles. The summed E-state index contributed by atoms with van der Waals surface area (Å²) in [7, 11) is 0. The summed E-state index contributed by atoms with van der Waals surface area (Å²) in [5, 5.41) is 0.697. The first-order valence-corrected chi connectivity index (χ1v) is 6.70. The molecule has 0 aliphatic rings. The van der Waals surface area contributed by atoms with Gasteiger partial charge in [0.05, 0.1) is 0 Å². The second-order valence-electron chi connectivity index (χ2n) is 3.90. The standard InChI is InChI=1S/C13H14N4OS/c1-9-6-7-15-13(16-9)19-8-10-4-2-3-5-11(10)12(18)17-14/h2-7H,8,14H2,1H3,(H,17,18). The van der Waals surface area contributed by atoms with E-state index in [0.717, 1.165) is 11.3 Å². The zero-order valence-corrected chi connectivity index (χ0v) is 11.3. The van der Waals surface area contributed by atoms with Crippen LogP contribution >= 0.6 is 11.8 Å². The van der Waals surface area contributed by atoms with Gasteiger partial charge in [-0.1, -0.05) is 30.0 Å². The Morgan fingerprint density at radius 1 is 1.37 bits per heavy atom. The normalized spacial score (nSPS) is 10.2. The molecule has 2 aromatic rings.